The second-order valence-electron chi connectivity index (χ2n) is 4.43. The summed E-state index contributed by atoms with van der Waals surface area (Å²) in [5.74, 6) is -2.53. The molecule has 2 aromatic rings. The molecule has 1 heterocycles. The van der Waals surface area contributed by atoms with Gasteiger partial charge < -0.3 is 0 Å². The first-order chi connectivity index (χ1) is 9.34. The van der Waals surface area contributed by atoms with E-state index in [2.05, 4.69) is 37.0 Å². The summed E-state index contributed by atoms with van der Waals surface area (Å²) in [4.78, 5) is 12.5. The van der Waals surface area contributed by atoms with Crippen molar-refractivity contribution < 1.29 is 13.6 Å². The van der Waals surface area contributed by atoms with Crippen LogP contribution >= 0.6 is 31.9 Å². The largest absolute Gasteiger partial charge is 0.287 e. The first-order valence-electron chi connectivity index (χ1n) is 5.75. The van der Waals surface area contributed by atoms with Crippen LogP contribution in [0.1, 0.15) is 35.9 Å². The summed E-state index contributed by atoms with van der Waals surface area (Å²) in [6.45, 7) is 3.74. The first kappa shape index (κ1) is 15.3. The van der Waals surface area contributed by atoms with E-state index in [1.807, 2.05) is 13.8 Å². The molecule has 0 aliphatic heterocycles. The third-order valence-electron chi connectivity index (χ3n) is 2.73. The molecule has 0 bridgehead atoms. The van der Waals surface area contributed by atoms with Crippen molar-refractivity contribution in [1.29, 1.82) is 0 Å². The Morgan fingerprint density at radius 1 is 1.30 bits per heavy atom. The summed E-state index contributed by atoms with van der Waals surface area (Å²) in [5, 5.41) is 4.10. The highest BCUT2D eigenvalue weighted by Crippen LogP contribution is 2.28. The van der Waals surface area contributed by atoms with E-state index in [-0.39, 0.29) is 16.1 Å². The monoisotopic (exact) mass is 406 g/mol. The van der Waals surface area contributed by atoms with Gasteiger partial charge in [-0.05, 0) is 57.8 Å². The topological polar surface area (TPSA) is 34.9 Å². The van der Waals surface area contributed by atoms with E-state index in [1.54, 1.807) is 0 Å². The molecule has 20 heavy (non-hydrogen) atoms. The molecule has 106 valence electrons. The summed E-state index contributed by atoms with van der Waals surface area (Å²) >= 11 is 6.18. The molecule has 0 aliphatic carbocycles. The van der Waals surface area contributed by atoms with Crippen LogP contribution in [0.3, 0.4) is 0 Å². The van der Waals surface area contributed by atoms with Crippen molar-refractivity contribution in [2.45, 2.75) is 19.9 Å². The van der Waals surface area contributed by atoms with Gasteiger partial charge in [-0.2, -0.15) is 5.10 Å². The number of carbonyl (C=O) groups is 1. The van der Waals surface area contributed by atoms with Crippen LogP contribution in [0.4, 0.5) is 8.78 Å². The molecule has 7 heteroatoms. The fourth-order valence-electron chi connectivity index (χ4n) is 1.77. The normalized spacial score (nSPS) is 11.2. The zero-order chi connectivity index (χ0) is 15.0. The molecule has 3 nitrogen and oxygen atoms in total. The van der Waals surface area contributed by atoms with Gasteiger partial charge in [-0.15, -0.1) is 0 Å². The van der Waals surface area contributed by atoms with Crippen LogP contribution in [0.25, 0.3) is 0 Å². The van der Waals surface area contributed by atoms with Crippen LogP contribution in [0.15, 0.2) is 27.3 Å². The third kappa shape index (κ3) is 2.56. The van der Waals surface area contributed by atoms with Crippen molar-refractivity contribution in [1.82, 2.24) is 9.78 Å². The molecule has 1 aromatic carbocycles. The lowest BCUT2D eigenvalue weighted by Gasteiger charge is -2.11. The Hall–Kier alpha value is -1.08. The van der Waals surface area contributed by atoms with Gasteiger partial charge >= 0.3 is 0 Å². The molecule has 0 radical (unpaired) electrons. The van der Waals surface area contributed by atoms with E-state index in [0.717, 1.165) is 6.07 Å². The predicted octanol–water partition coefficient (Wildman–Crippen LogP) is 4.50. The van der Waals surface area contributed by atoms with Crippen molar-refractivity contribution in [3.05, 3.63) is 50.2 Å². The van der Waals surface area contributed by atoms with Crippen LogP contribution in [-0.2, 0) is 0 Å². The number of hydrogen-bond acceptors (Lipinski definition) is 2. The highest BCUT2D eigenvalue weighted by atomic mass is 79.9. The maximum absolute atomic E-state index is 13.5. The molecule has 0 amide bonds. The number of carbonyl (C=O) groups excluding carboxylic acids is 1. The third-order valence-corrected chi connectivity index (χ3v) is 4.09. The fraction of sp³-hybridized carbons (Fsp3) is 0.231. The van der Waals surface area contributed by atoms with E-state index >= 15 is 0 Å². The van der Waals surface area contributed by atoms with Crippen LogP contribution in [0.5, 0.6) is 0 Å². The summed E-state index contributed by atoms with van der Waals surface area (Å²) in [7, 11) is 0. The van der Waals surface area contributed by atoms with Crippen molar-refractivity contribution >= 4 is 37.6 Å². The van der Waals surface area contributed by atoms with E-state index in [9.17, 15) is 13.6 Å². The average molecular weight is 408 g/mol. The molecule has 2 rings (SSSR count). The lowest BCUT2D eigenvalue weighted by Crippen LogP contribution is -2.15. The highest BCUT2D eigenvalue weighted by molar-refractivity contribution is 9.11. The average Bonchev–Trinajstić information content (AvgIpc) is 2.77. The van der Waals surface area contributed by atoms with Gasteiger partial charge in [0.2, 0.25) is 5.78 Å². The maximum Gasteiger partial charge on any atom is 0.213 e. The molecule has 0 aliphatic rings. The van der Waals surface area contributed by atoms with Crippen LogP contribution in [0.2, 0.25) is 0 Å². The lowest BCUT2D eigenvalue weighted by molar-refractivity contribution is 0.102. The van der Waals surface area contributed by atoms with Gasteiger partial charge in [0, 0.05) is 11.6 Å². The van der Waals surface area contributed by atoms with Crippen LogP contribution < -0.4 is 0 Å². The number of halogens is 4. The van der Waals surface area contributed by atoms with Crippen molar-refractivity contribution in [2.24, 2.45) is 0 Å². The fourth-order valence-corrected chi connectivity index (χ4v) is 2.73. The minimum atomic E-state index is -1.08. The molecule has 0 saturated carbocycles. The molecule has 0 unspecified atom stereocenters. The van der Waals surface area contributed by atoms with E-state index in [1.165, 1.54) is 16.9 Å². The Morgan fingerprint density at radius 2 is 1.95 bits per heavy atom. The van der Waals surface area contributed by atoms with Crippen molar-refractivity contribution in [3.8, 4) is 0 Å². The van der Waals surface area contributed by atoms with Gasteiger partial charge in [-0.3, -0.25) is 9.48 Å². The zero-order valence-corrected chi connectivity index (χ0v) is 13.8. The minimum absolute atomic E-state index is 0.0377. The summed E-state index contributed by atoms with van der Waals surface area (Å²) in [6.07, 6.45) is 1.50. The molecule has 1 aromatic heterocycles. The summed E-state index contributed by atoms with van der Waals surface area (Å²) < 4.78 is 28.5. The zero-order valence-electron chi connectivity index (χ0n) is 10.6. The van der Waals surface area contributed by atoms with Gasteiger partial charge in [0.1, 0.15) is 5.69 Å². The Morgan fingerprint density at radius 3 is 2.55 bits per heavy atom. The van der Waals surface area contributed by atoms with Gasteiger partial charge in [-0.25, -0.2) is 8.78 Å². The SMILES string of the molecule is CC(C)n1ncc(Br)c1C(=O)c1ccc(F)c(F)c1Br. The van der Waals surface area contributed by atoms with Gasteiger partial charge in [0.25, 0.3) is 0 Å². The number of benzene rings is 1. The van der Waals surface area contributed by atoms with Crippen molar-refractivity contribution in [3.63, 3.8) is 0 Å². The smallest absolute Gasteiger partial charge is 0.213 e. The lowest BCUT2D eigenvalue weighted by atomic mass is 10.1. The van der Waals surface area contributed by atoms with Crippen LogP contribution in [-0.4, -0.2) is 15.6 Å². The van der Waals surface area contributed by atoms with Crippen LogP contribution in [0, 0.1) is 11.6 Å². The highest BCUT2D eigenvalue weighted by Gasteiger charge is 2.24. The number of nitrogens with zero attached hydrogens (tertiary/aromatic N) is 2. The predicted molar refractivity (Wildman–Crippen MR) is 77.8 cm³/mol. The number of ketones is 1. The minimum Gasteiger partial charge on any atom is -0.287 e. The number of aromatic nitrogens is 2. The molecule has 0 N–H and O–H groups in total. The van der Waals surface area contributed by atoms with E-state index in [0.29, 0.717) is 10.2 Å². The summed E-state index contributed by atoms with van der Waals surface area (Å²) in [6, 6.07) is 2.14. The van der Waals surface area contributed by atoms with Gasteiger partial charge in [-0.1, -0.05) is 0 Å². The number of rotatable bonds is 3. The first-order valence-corrected chi connectivity index (χ1v) is 7.34. The second-order valence-corrected chi connectivity index (χ2v) is 6.08. The van der Waals surface area contributed by atoms with Gasteiger partial charge in [0.05, 0.1) is 15.1 Å². The second kappa shape index (κ2) is 5.73. The molecule has 0 saturated heterocycles. The molecular formula is C13H10Br2F2N2O. The Labute approximate surface area is 131 Å². The van der Waals surface area contributed by atoms with Gasteiger partial charge in [0.15, 0.2) is 11.6 Å². The van der Waals surface area contributed by atoms with E-state index in [4.69, 9.17) is 0 Å². The van der Waals surface area contributed by atoms with E-state index < -0.39 is 17.4 Å². The molecule has 0 fully saturated rings. The van der Waals surface area contributed by atoms with Crippen molar-refractivity contribution in [2.75, 3.05) is 0 Å². The Balaban J connectivity index is 2.58. The number of hydrogen-bond donors (Lipinski definition) is 0. The quantitative estimate of drug-likeness (QED) is 0.554. The molecular weight excluding hydrogens is 398 g/mol. The Bertz CT molecular complexity index is 683. The summed E-state index contributed by atoms with van der Waals surface area (Å²) in [5.41, 5.74) is 0.346. The molecule has 0 spiro atoms. The molecule has 0 atom stereocenters. The standard InChI is InChI=1S/C13H10Br2F2N2O/c1-6(2)19-12(8(14)5-18-19)13(20)7-3-4-9(16)11(17)10(7)15/h3-6H,1-2H3. The Kier molecular flexibility index (Phi) is 4.39. The maximum atomic E-state index is 13.5.